The minimum absolute atomic E-state index is 0.0287. The molecule has 2 heterocycles. The molecule has 0 spiro atoms. The second-order valence-corrected chi connectivity index (χ2v) is 7.43. The molecule has 1 aromatic rings. The first-order chi connectivity index (χ1) is 9.40. The molecule has 2 rings (SSSR count). The summed E-state index contributed by atoms with van der Waals surface area (Å²) in [6.07, 6.45) is 3.46. The first-order valence-electron chi connectivity index (χ1n) is 7.30. The number of hydrogen-bond acceptors (Lipinski definition) is 4. The van der Waals surface area contributed by atoms with Gasteiger partial charge in [-0.15, -0.1) is 10.2 Å². The van der Waals surface area contributed by atoms with Crippen LogP contribution in [0.1, 0.15) is 52.0 Å². The van der Waals surface area contributed by atoms with Crippen LogP contribution >= 0.6 is 11.3 Å². The van der Waals surface area contributed by atoms with Gasteiger partial charge in [-0.3, -0.25) is 5.32 Å². The maximum atomic E-state index is 12.2. The summed E-state index contributed by atoms with van der Waals surface area (Å²) in [5.41, 5.74) is -0.0287. The van der Waals surface area contributed by atoms with Gasteiger partial charge in [-0.25, -0.2) is 4.79 Å². The largest absolute Gasteiger partial charge is 0.324 e. The summed E-state index contributed by atoms with van der Waals surface area (Å²) >= 11 is 1.46. The average molecular weight is 296 g/mol. The predicted octanol–water partition coefficient (Wildman–Crippen LogP) is 3.49. The van der Waals surface area contributed by atoms with E-state index in [9.17, 15) is 4.79 Å². The summed E-state index contributed by atoms with van der Waals surface area (Å²) in [6.45, 7) is 10.2. The van der Waals surface area contributed by atoms with E-state index in [4.69, 9.17) is 0 Å². The molecule has 1 aliphatic rings. The maximum Gasteiger partial charge on any atom is 0.323 e. The van der Waals surface area contributed by atoms with Crippen molar-refractivity contribution in [1.29, 1.82) is 0 Å². The fourth-order valence-electron chi connectivity index (χ4n) is 2.33. The molecule has 0 bridgehead atoms. The van der Waals surface area contributed by atoms with Crippen molar-refractivity contribution >= 4 is 22.5 Å². The molecule has 1 fully saturated rings. The van der Waals surface area contributed by atoms with E-state index in [1.165, 1.54) is 17.8 Å². The molecule has 1 aromatic heterocycles. The van der Waals surface area contributed by atoms with Crippen molar-refractivity contribution in [2.24, 2.45) is 5.92 Å². The number of rotatable bonds is 2. The van der Waals surface area contributed by atoms with Crippen molar-refractivity contribution in [1.82, 2.24) is 15.1 Å². The zero-order valence-corrected chi connectivity index (χ0v) is 13.6. The van der Waals surface area contributed by atoms with Crippen molar-refractivity contribution in [3.8, 4) is 0 Å². The highest BCUT2D eigenvalue weighted by atomic mass is 32.1. The van der Waals surface area contributed by atoms with Gasteiger partial charge in [0.25, 0.3) is 0 Å². The van der Waals surface area contributed by atoms with Gasteiger partial charge >= 0.3 is 6.03 Å². The zero-order valence-electron chi connectivity index (χ0n) is 12.8. The summed E-state index contributed by atoms with van der Waals surface area (Å²) in [5, 5.41) is 12.6. The van der Waals surface area contributed by atoms with E-state index in [1.54, 1.807) is 0 Å². The number of likely N-dealkylation sites (tertiary alicyclic amines) is 1. The average Bonchev–Trinajstić information content (AvgIpc) is 2.87. The molecular weight excluding hydrogens is 272 g/mol. The van der Waals surface area contributed by atoms with E-state index >= 15 is 0 Å². The predicted molar refractivity (Wildman–Crippen MR) is 82.2 cm³/mol. The Morgan fingerprint density at radius 1 is 1.45 bits per heavy atom. The van der Waals surface area contributed by atoms with E-state index in [2.05, 4.69) is 43.2 Å². The first kappa shape index (κ1) is 15.2. The number of anilines is 1. The highest BCUT2D eigenvalue weighted by Crippen LogP contribution is 2.28. The first-order valence-corrected chi connectivity index (χ1v) is 8.11. The molecule has 112 valence electrons. The SMILES string of the molecule is CCC1CCCN(C(=O)Nc2nnc(C(C)(C)C)s2)C1. The summed E-state index contributed by atoms with van der Waals surface area (Å²) in [6, 6.07) is -0.0419. The number of piperidine rings is 1. The van der Waals surface area contributed by atoms with Crippen LogP contribution in [0.2, 0.25) is 0 Å². The van der Waals surface area contributed by atoms with Gasteiger partial charge < -0.3 is 4.90 Å². The van der Waals surface area contributed by atoms with E-state index in [0.29, 0.717) is 11.0 Å². The van der Waals surface area contributed by atoms with E-state index in [-0.39, 0.29) is 11.4 Å². The number of carbonyl (C=O) groups is 1. The van der Waals surface area contributed by atoms with E-state index in [1.807, 2.05) is 4.90 Å². The highest BCUT2D eigenvalue weighted by Gasteiger charge is 2.24. The zero-order chi connectivity index (χ0) is 14.8. The Labute approximate surface area is 124 Å². The molecule has 0 aromatic carbocycles. The molecule has 0 radical (unpaired) electrons. The topological polar surface area (TPSA) is 58.1 Å². The molecule has 20 heavy (non-hydrogen) atoms. The monoisotopic (exact) mass is 296 g/mol. The Hall–Kier alpha value is -1.17. The number of hydrogen-bond donors (Lipinski definition) is 1. The number of nitrogens with zero attached hydrogens (tertiary/aromatic N) is 3. The van der Waals surface area contributed by atoms with Gasteiger partial charge in [0.2, 0.25) is 5.13 Å². The quantitative estimate of drug-likeness (QED) is 0.909. The van der Waals surface area contributed by atoms with Crippen LogP contribution in [-0.4, -0.2) is 34.2 Å². The second kappa shape index (κ2) is 6.08. The van der Waals surface area contributed by atoms with Crippen molar-refractivity contribution in [2.45, 2.75) is 52.4 Å². The van der Waals surface area contributed by atoms with Crippen LogP contribution in [-0.2, 0) is 5.41 Å². The molecule has 2 amide bonds. The fraction of sp³-hybridized carbons (Fsp3) is 0.786. The third-order valence-electron chi connectivity index (χ3n) is 3.66. The molecule has 1 unspecified atom stereocenters. The van der Waals surface area contributed by atoms with Gasteiger partial charge in [-0.2, -0.15) is 0 Å². The smallest absolute Gasteiger partial charge is 0.323 e. The number of nitrogens with one attached hydrogen (secondary N) is 1. The minimum Gasteiger partial charge on any atom is -0.324 e. The van der Waals surface area contributed by atoms with Gasteiger partial charge in [-0.1, -0.05) is 45.5 Å². The minimum atomic E-state index is -0.0419. The second-order valence-electron chi connectivity index (χ2n) is 6.46. The van der Waals surface area contributed by atoms with Crippen molar-refractivity contribution in [3.05, 3.63) is 5.01 Å². The summed E-state index contributed by atoms with van der Waals surface area (Å²) < 4.78 is 0. The molecule has 5 nitrogen and oxygen atoms in total. The van der Waals surface area contributed by atoms with Gasteiger partial charge in [-0.05, 0) is 18.8 Å². The lowest BCUT2D eigenvalue weighted by atomic mass is 9.96. The van der Waals surface area contributed by atoms with Crippen LogP contribution in [0.4, 0.5) is 9.93 Å². The van der Waals surface area contributed by atoms with Gasteiger partial charge in [0.1, 0.15) is 5.01 Å². The van der Waals surface area contributed by atoms with Gasteiger partial charge in [0.15, 0.2) is 0 Å². The van der Waals surface area contributed by atoms with Crippen LogP contribution in [0.5, 0.6) is 0 Å². The summed E-state index contributed by atoms with van der Waals surface area (Å²) in [4.78, 5) is 14.1. The molecule has 1 saturated heterocycles. The number of amides is 2. The number of urea groups is 1. The Morgan fingerprint density at radius 3 is 2.80 bits per heavy atom. The molecule has 1 N–H and O–H groups in total. The molecule has 6 heteroatoms. The van der Waals surface area contributed by atoms with Crippen LogP contribution in [0.3, 0.4) is 0 Å². The molecule has 1 aliphatic heterocycles. The van der Waals surface area contributed by atoms with Gasteiger partial charge in [0.05, 0.1) is 0 Å². The van der Waals surface area contributed by atoms with Crippen molar-refractivity contribution < 1.29 is 4.79 Å². The Balaban J connectivity index is 1.96. The lowest BCUT2D eigenvalue weighted by molar-refractivity contribution is 0.176. The molecular formula is C14H24N4OS. The van der Waals surface area contributed by atoms with E-state index < -0.39 is 0 Å². The lowest BCUT2D eigenvalue weighted by Crippen LogP contribution is -2.42. The Kier molecular flexibility index (Phi) is 4.62. The highest BCUT2D eigenvalue weighted by molar-refractivity contribution is 7.15. The summed E-state index contributed by atoms with van der Waals surface area (Å²) in [7, 11) is 0. The van der Waals surface area contributed by atoms with Crippen LogP contribution < -0.4 is 5.32 Å². The van der Waals surface area contributed by atoms with Crippen LogP contribution in [0, 0.1) is 5.92 Å². The third-order valence-corrected chi connectivity index (χ3v) is 4.93. The fourth-order valence-corrected chi connectivity index (χ4v) is 3.12. The Morgan fingerprint density at radius 2 is 2.20 bits per heavy atom. The molecule has 1 atom stereocenters. The lowest BCUT2D eigenvalue weighted by Gasteiger charge is -2.31. The number of aromatic nitrogens is 2. The van der Waals surface area contributed by atoms with Crippen LogP contribution in [0.15, 0.2) is 0 Å². The summed E-state index contributed by atoms with van der Waals surface area (Å²) in [5.74, 6) is 0.633. The van der Waals surface area contributed by atoms with Crippen molar-refractivity contribution in [3.63, 3.8) is 0 Å². The normalized spacial score (nSPS) is 20.0. The standard InChI is InChI=1S/C14H24N4OS/c1-5-10-7-6-8-18(9-10)13(19)15-12-17-16-11(20-12)14(2,3)4/h10H,5-9H2,1-4H3,(H,15,17,19). The number of carbonyl (C=O) groups excluding carboxylic acids is 1. The van der Waals surface area contributed by atoms with Crippen LogP contribution in [0.25, 0.3) is 0 Å². The van der Waals surface area contributed by atoms with Crippen molar-refractivity contribution in [2.75, 3.05) is 18.4 Å². The maximum absolute atomic E-state index is 12.2. The molecule has 0 saturated carbocycles. The third kappa shape index (κ3) is 3.69. The van der Waals surface area contributed by atoms with E-state index in [0.717, 1.165) is 30.9 Å². The molecule has 0 aliphatic carbocycles. The Bertz CT molecular complexity index is 466. The van der Waals surface area contributed by atoms with Gasteiger partial charge in [0, 0.05) is 18.5 Å².